The summed E-state index contributed by atoms with van der Waals surface area (Å²) in [4.78, 5) is 25.1. The maximum Gasteiger partial charge on any atom is 0.256 e. The molecule has 2 atom stereocenters. The lowest BCUT2D eigenvalue weighted by molar-refractivity contribution is -0.153. The minimum Gasteiger partial charge on any atom is -0.331 e. The Labute approximate surface area is 79.6 Å². The second kappa shape index (κ2) is 3.05. The smallest absolute Gasteiger partial charge is 0.256 e. The van der Waals surface area contributed by atoms with E-state index in [-0.39, 0.29) is 17.9 Å². The van der Waals surface area contributed by atoms with E-state index in [4.69, 9.17) is 0 Å². The Morgan fingerprint density at radius 2 is 1.67 bits per heavy atom. The molecule has 1 saturated heterocycles. The van der Waals surface area contributed by atoms with Crippen LogP contribution in [0.2, 0.25) is 0 Å². The van der Waals surface area contributed by atoms with Crippen molar-refractivity contribution in [2.24, 2.45) is 0 Å². The monoisotopic (exact) mass is 234 g/mol. The average molecular weight is 235 g/mol. The molecule has 2 amide bonds. The lowest BCUT2D eigenvalue weighted by atomic mass is 10.2. The van der Waals surface area contributed by atoms with E-state index in [0.717, 1.165) is 0 Å². The molecule has 1 aliphatic rings. The molecule has 4 nitrogen and oxygen atoms in total. The van der Waals surface area contributed by atoms with Crippen LogP contribution in [-0.2, 0) is 9.59 Å². The van der Waals surface area contributed by atoms with Crippen LogP contribution in [0.3, 0.4) is 0 Å². The zero-order valence-electron chi connectivity index (χ0n) is 7.24. The largest absolute Gasteiger partial charge is 0.331 e. The highest BCUT2D eigenvalue weighted by Crippen LogP contribution is 2.18. The summed E-state index contributed by atoms with van der Waals surface area (Å²) >= 11 is 3.14. The fraction of sp³-hybridized carbons (Fsp3) is 0.714. The summed E-state index contributed by atoms with van der Waals surface area (Å²) in [7, 11) is 3.25. The first-order chi connectivity index (χ1) is 5.46. The molecule has 68 valence electrons. The normalized spacial score (nSPS) is 31.3. The van der Waals surface area contributed by atoms with Crippen LogP contribution in [0.1, 0.15) is 6.92 Å². The van der Waals surface area contributed by atoms with Gasteiger partial charge in [-0.3, -0.25) is 9.59 Å². The highest BCUT2D eigenvalue weighted by atomic mass is 79.9. The van der Waals surface area contributed by atoms with Gasteiger partial charge in [-0.1, -0.05) is 15.9 Å². The van der Waals surface area contributed by atoms with Crippen LogP contribution in [0.25, 0.3) is 0 Å². The SMILES string of the molecule is CC1C(=O)N(C)C(Br)C(=O)N1C. The molecule has 1 rings (SSSR count). The molecular weight excluding hydrogens is 224 g/mol. The number of hydrogen-bond acceptors (Lipinski definition) is 2. The van der Waals surface area contributed by atoms with E-state index in [1.165, 1.54) is 9.80 Å². The van der Waals surface area contributed by atoms with Gasteiger partial charge >= 0.3 is 0 Å². The first-order valence-electron chi connectivity index (χ1n) is 3.64. The van der Waals surface area contributed by atoms with Gasteiger partial charge in [0.2, 0.25) is 5.91 Å². The predicted molar refractivity (Wildman–Crippen MR) is 47.7 cm³/mol. The van der Waals surface area contributed by atoms with Crippen molar-refractivity contribution in [2.45, 2.75) is 17.9 Å². The van der Waals surface area contributed by atoms with Crippen LogP contribution in [-0.4, -0.2) is 46.7 Å². The number of amides is 2. The molecule has 1 fully saturated rings. The van der Waals surface area contributed by atoms with Crippen LogP contribution in [0.15, 0.2) is 0 Å². The second-order valence-corrected chi connectivity index (χ2v) is 3.78. The molecule has 1 heterocycles. The third-order valence-electron chi connectivity index (χ3n) is 2.18. The quantitative estimate of drug-likeness (QED) is 0.439. The van der Waals surface area contributed by atoms with Gasteiger partial charge in [0.15, 0.2) is 4.95 Å². The molecule has 5 heteroatoms. The van der Waals surface area contributed by atoms with E-state index in [9.17, 15) is 9.59 Å². The van der Waals surface area contributed by atoms with E-state index in [0.29, 0.717) is 0 Å². The molecule has 0 radical (unpaired) electrons. The van der Waals surface area contributed by atoms with Gasteiger partial charge in [0.25, 0.3) is 5.91 Å². The van der Waals surface area contributed by atoms with E-state index < -0.39 is 4.95 Å². The van der Waals surface area contributed by atoms with Crippen molar-refractivity contribution in [1.29, 1.82) is 0 Å². The fourth-order valence-corrected chi connectivity index (χ4v) is 1.62. The van der Waals surface area contributed by atoms with Gasteiger partial charge in [-0.05, 0) is 6.92 Å². The number of halogens is 1. The molecule has 0 spiro atoms. The van der Waals surface area contributed by atoms with Crippen molar-refractivity contribution < 1.29 is 9.59 Å². The van der Waals surface area contributed by atoms with Crippen molar-refractivity contribution in [3.63, 3.8) is 0 Å². The number of nitrogens with zero attached hydrogens (tertiary/aromatic N) is 2. The zero-order chi connectivity index (χ0) is 9.46. The van der Waals surface area contributed by atoms with Crippen molar-refractivity contribution in [1.82, 2.24) is 9.80 Å². The van der Waals surface area contributed by atoms with E-state index in [2.05, 4.69) is 15.9 Å². The third-order valence-corrected chi connectivity index (χ3v) is 3.18. The maximum absolute atomic E-state index is 11.4. The summed E-state index contributed by atoms with van der Waals surface area (Å²) in [5.41, 5.74) is 0. The molecule has 12 heavy (non-hydrogen) atoms. The molecule has 0 aromatic rings. The van der Waals surface area contributed by atoms with Gasteiger partial charge in [-0.15, -0.1) is 0 Å². The van der Waals surface area contributed by atoms with Crippen molar-refractivity contribution in [3.8, 4) is 0 Å². The third kappa shape index (κ3) is 1.22. The van der Waals surface area contributed by atoms with Crippen LogP contribution >= 0.6 is 15.9 Å². The number of piperazine rings is 1. The minimum absolute atomic E-state index is 0.0426. The zero-order valence-corrected chi connectivity index (χ0v) is 8.83. The number of hydrogen-bond donors (Lipinski definition) is 0. The van der Waals surface area contributed by atoms with Crippen molar-refractivity contribution >= 4 is 27.7 Å². The van der Waals surface area contributed by atoms with Crippen molar-refractivity contribution in [3.05, 3.63) is 0 Å². The number of rotatable bonds is 0. The first kappa shape index (κ1) is 9.51. The number of alkyl halides is 1. The molecule has 0 N–H and O–H groups in total. The lowest BCUT2D eigenvalue weighted by Gasteiger charge is -2.37. The number of carbonyl (C=O) groups is 2. The summed E-state index contributed by atoms with van der Waals surface area (Å²) in [5, 5.41) is 0. The Balaban J connectivity index is 2.91. The number of carbonyl (C=O) groups excluding carboxylic acids is 2. The fourth-order valence-electron chi connectivity index (χ4n) is 1.10. The summed E-state index contributed by atoms with van der Waals surface area (Å²) in [6.45, 7) is 1.72. The average Bonchev–Trinajstić information content (AvgIpc) is 2.08. The lowest BCUT2D eigenvalue weighted by Crippen LogP contribution is -2.59. The second-order valence-electron chi connectivity index (χ2n) is 2.91. The van der Waals surface area contributed by atoms with E-state index in [1.54, 1.807) is 21.0 Å². The van der Waals surface area contributed by atoms with Gasteiger partial charge in [0.1, 0.15) is 6.04 Å². The number of likely N-dealkylation sites (N-methyl/N-ethyl adjacent to an activating group) is 2. The Bertz CT molecular complexity index is 187. The van der Waals surface area contributed by atoms with E-state index >= 15 is 0 Å². The molecule has 0 saturated carbocycles. The maximum atomic E-state index is 11.4. The summed E-state index contributed by atoms with van der Waals surface area (Å²) < 4.78 is 0. The van der Waals surface area contributed by atoms with Crippen molar-refractivity contribution in [2.75, 3.05) is 14.1 Å². The molecule has 0 aliphatic carbocycles. The predicted octanol–water partition coefficient (Wildman–Crippen LogP) is 0.0263. The Morgan fingerprint density at radius 3 is 2.17 bits per heavy atom. The Kier molecular flexibility index (Phi) is 2.41. The summed E-state index contributed by atoms with van der Waals surface area (Å²) in [5.74, 6) is -0.122. The van der Waals surface area contributed by atoms with Crippen LogP contribution in [0.4, 0.5) is 0 Å². The van der Waals surface area contributed by atoms with Gasteiger partial charge in [-0.25, -0.2) is 0 Å². The van der Waals surface area contributed by atoms with Crippen LogP contribution < -0.4 is 0 Å². The Morgan fingerprint density at radius 1 is 1.17 bits per heavy atom. The summed E-state index contributed by atoms with van der Waals surface area (Å²) in [6, 6.07) is -0.351. The van der Waals surface area contributed by atoms with E-state index in [1.807, 2.05) is 0 Å². The van der Waals surface area contributed by atoms with Crippen LogP contribution in [0.5, 0.6) is 0 Å². The summed E-state index contributed by atoms with van der Waals surface area (Å²) in [6.07, 6.45) is 0. The first-order valence-corrected chi connectivity index (χ1v) is 4.55. The molecular formula is C7H11BrN2O2. The molecule has 0 aromatic heterocycles. The molecule has 1 aliphatic heterocycles. The van der Waals surface area contributed by atoms with Gasteiger partial charge in [0, 0.05) is 14.1 Å². The minimum atomic E-state index is -0.508. The standard InChI is InChI=1S/C7H11BrN2O2/c1-4-6(11)10(3)5(8)7(12)9(4)2/h4-5H,1-3H3. The Hall–Kier alpha value is -0.580. The highest BCUT2D eigenvalue weighted by molar-refractivity contribution is 9.09. The van der Waals surface area contributed by atoms with Crippen LogP contribution in [0, 0.1) is 0 Å². The topological polar surface area (TPSA) is 40.6 Å². The van der Waals surface area contributed by atoms with Gasteiger partial charge < -0.3 is 9.80 Å². The molecule has 0 bridgehead atoms. The van der Waals surface area contributed by atoms with Gasteiger partial charge in [0.05, 0.1) is 0 Å². The molecule has 2 unspecified atom stereocenters. The highest BCUT2D eigenvalue weighted by Gasteiger charge is 2.38. The molecule has 0 aromatic carbocycles. The van der Waals surface area contributed by atoms with Gasteiger partial charge in [-0.2, -0.15) is 0 Å².